The van der Waals surface area contributed by atoms with Crippen molar-refractivity contribution in [3.8, 4) is 5.95 Å². The van der Waals surface area contributed by atoms with E-state index in [0.717, 1.165) is 0 Å². The molecule has 3 rings (SSSR count). The second-order valence-corrected chi connectivity index (χ2v) is 6.95. The molecule has 0 saturated carbocycles. The van der Waals surface area contributed by atoms with E-state index in [4.69, 9.17) is 11.6 Å². The van der Waals surface area contributed by atoms with Gasteiger partial charge < -0.3 is 4.90 Å². The number of rotatable bonds is 2. The van der Waals surface area contributed by atoms with Gasteiger partial charge >= 0.3 is 0 Å². The Hall–Kier alpha value is -1.74. The molecule has 8 nitrogen and oxygen atoms in total. The van der Waals surface area contributed by atoms with Gasteiger partial charge in [-0.1, -0.05) is 0 Å². The number of nitrogens with zero attached hydrogens (tertiary/aromatic N) is 6. The summed E-state index contributed by atoms with van der Waals surface area (Å²) in [5.74, 6) is 0.919. The maximum Gasteiger partial charge on any atom is 0.241 e. The van der Waals surface area contributed by atoms with Crippen molar-refractivity contribution >= 4 is 27.4 Å². The monoisotopic (exact) mass is 314 g/mol. The molecule has 2 aromatic heterocycles. The molecule has 2 aromatic rings. The van der Waals surface area contributed by atoms with Gasteiger partial charge in [0.1, 0.15) is 6.33 Å². The van der Waals surface area contributed by atoms with E-state index in [2.05, 4.69) is 19.9 Å². The van der Waals surface area contributed by atoms with Gasteiger partial charge in [-0.25, -0.2) is 13.4 Å². The van der Waals surface area contributed by atoms with Crippen LogP contribution in [-0.4, -0.2) is 57.5 Å². The Labute approximate surface area is 120 Å². The zero-order chi connectivity index (χ0) is 14.2. The van der Waals surface area contributed by atoms with Crippen LogP contribution in [0, 0.1) is 0 Å². The highest BCUT2D eigenvalue weighted by Crippen LogP contribution is 2.16. The van der Waals surface area contributed by atoms with E-state index in [9.17, 15) is 8.42 Å². The summed E-state index contributed by atoms with van der Waals surface area (Å²) in [5, 5.41) is 0.0622. The Morgan fingerprint density at radius 1 is 1.10 bits per heavy atom. The Morgan fingerprint density at radius 3 is 2.45 bits per heavy atom. The average Bonchev–Trinajstić information content (AvgIpc) is 2.91. The predicted molar refractivity (Wildman–Crippen MR) is 72.8 cm³/mol. The fourth-order valence-electron chi connectivity index (χ4n) is 1.88. The third kappa shape index (κ3) is 2.73. The summed E-state index contributed by atoms with van der Waals surface area (Å²) in [7, 11) is -2.95. The molecule has 0 amide bonds. The van der Waals surface area contributed by atoms with Crippen molar-refractivity contribution in [1.29, 1.82) is 0 Å². The first-order valence-electron chi connectivity index (χ1n) is 5.89. The molecule has 1 fully saturated rings. The second-order valence-electron chi connectivity index (χ2n) is 4.31. The van der Waals surface area contributed by atoms with Crippen LogP contribution >= 0.6 is 11.6 Å². The van der Waals surface area contributed by atoms with Crippen molar-refractivity contribution < 1.29 is 8.42 Å². The number of hydrogen-bond donors (Lipinski definition) is 0. The number of hydrogen-bond acceptors (Lipinski definition) is 7. The Morgan fingerprint density at radius 2 is 1.80 bits per heavy atom. The highest BCUT2D eigenvalue weighted by atomic mass is 35.5. The summed E-state index contributed by atoms with van der Waals surface area (Å²) in [4.78, 5) is 18.1. The van der Waals surface area contributed by atoms with Crippen molar-refractivity contribution in [2.24, 2.45) is 0 Å². The van der Waals surface area contributed by atoms with Crippen molar-refractivity contribution in [2.45, 2.75) is 0 Å². The smallest absolute Gasteiger partial charge is 0.241 e. The molecule has 0 spiro atoms. The van der Waals surface area contributed by atoms with Gasteiger partial charge in [-0.05, 0) is 11.6 Å². The molecule has 1 aliphatic heterocycles. The first kappa shape index (κ1) is 13.3. The molecule has 0 atom stereocenters. The fourth-order valence-corrected chi connectivity index (χ4v) is 3.23. The van der Waals surface area contributed by atoms with Crippen LogP contribution in [0.1, 0.15) is 0 Å². The molecule has 0 unspecified atom stereocenters. The van der Waals surface area contributed by atoms with E-state index in [1.54, 1.807) is 28.2 Å². The molecule has 0 radical (unpaired) electrons. The number of anilines is 1. The third-order valence-electron chi connectivity index (χ3n) is 2.95. The lowest BCUT2D eigenvalue weighted by atomic mass is 10.5. The third-order valence-corrected chi connectivity index (χ3v) is 4.73. The molecule has 0 N–H and O–H groups in total. The minimum absolute atomic E-state index is 0.0622. The van der Waals surface area contributed by atoms with Gasteiger partial charge in [-0.15, -0.1) is 0 Å². The first-order chi connectivity index (χ1) is 9.53. The standard InChI is InChI=1S/C10H11ClN6O2S/c11-8-13-9(16-3-5-20(18,19)6-4-16)15-10(14-8)17-2-1-12-7-17/h1-2,7H,3-6H2. The molecular formula is C10H11ClN6O2S. The van der Waals surface area contributed by atoms with Crippen LogP contribution in [0.15, 0.2) is 18.7 Å². The molecule has 0 aliphatic carbocycles. The molecular weight excluding hydrogens is 304 g/mol. The van der Waals surface area contributed by atoms with Crippen LogP contribution in [0.3, 0.4) is 0 Å². The summed E-state index contributed by atoms with van der Waals surface area (Å²) >= 11 is 5.90. The van der Waals surface area contributed by atoms with Crippen LogP contribution < -0.4 is 4.90 Å². The largest absolute Gasteiger partial charge is 0.339 e. The quantitative estimate of drug-likeness (QED) is 0.766. The minimum Gasteiger partial charge on any atom is -0.339 e. The lowest BCUT2D eigenvalue weighted by Crippen LogP contribution is -2.41. The Kier molecular flexibility index (Phi) is 3.30. The van der Waals surface area contributed by atoms with Crippen molar-refractivity contribution in [3.63, 3.8) is 0 Å². The SMILES string of the molecule is O=S1(=O)CCN(c2nc(Cl)nc(-n3ccnc3)n2)CC1. The lowest BCUT2D eigenvalue weighted by molar-refractivity contribution is 0.585. The molecule has 3 heterocycles. The van der Waals surface area contributed by atoms with E-state index in [-0.39, 0.29) is 16.8 Å². The molecule has 0 bridgehead atoms. The Balaban J connectivity index is 1.91. The maximum absolute atomic E-state index is 11.4. The maximum atomic E-state index is 11.4. The van der Waals surface area contributed by atoms with Gasteiger partial charge in [0.25, 0.3) is 0 Å². The van der Waals surface area contributed by atoms with Gasteiger partial charge in [0.15, 0.2) is 9.84 Å². The van der Waals surface area contributed by atoms with E-state index < -0.39 is 9.84 Å². The highest BCUT2D eigenvalue weighted by Gasteiger charge is 2.24. The van der Waals surface area contributed by atoms with Crippen LogP contribution in [0.25, 0.3) is 5.95 Å². The zero-order valence-corrected chi connectivity index (χ0v) is 11.9. The highest BCUT2D eigenvalue weighted by molar-refractivity contribution is 7.91. The normalized spacial score (nSPS) is 18.1. The predicted octanol–water partition coefficient (Wildman–Crippen LogP) is -0.0545. The van der Waals surface area contributed by atoms with Crippen molar-refractivity contribution in [3.05, 3.63) is 24.0 Å². The van der Waals surface area contributed by atoms with E-state index in [0.29, 0.717) is 25.0 Å². The van der Waals surface area contributed by atoms with Gasteiger partial charge in [0.05, 0.1) is 11.5 Å². The van der Waals surface area contributed by atoms with Crippen LogP contribution in [0.4, 0.5) is 5.95 Å². The fraction of sp³-hybridized carbons (Fsp3) is 0.400. The van der Waals surface area contributed by atoms with Gasteiger partial charge in [-0.3, -0.25) is 4.57 Å². The minimum atomic E-state index is -2.95. The number of aromatic nitrogens is 5. The molecule has 1 aliphatic rings. The molecule has 0 aromatic carbocycles. The van der Waals surface area contributed by atoms with E-state index >= 15 is 0 Å². The van der Waals surface area contributed by atoms with Gasteiger partial charge in [-0.2, -0.15) is 15.0 Å². The van der Waals surface area contributed by atoms with Gasteiger partial charge in [0, 0.05) is 25.5 Å². The van der Waals surface area contributed by atoms with Crippen LogP contribution in [0.2, 0.25) is 5.28 Å². The number of imidazole rings is 1. The summed E-state index contributed by atoms with van der Waals surface area (Å²) in [6.45, 7) is 0.706. The van der Waals surface area contributed by atoms with Crippen LogP contribution in [-0.2, 0) is 9.84 Å². The number of halogens is 1. The zero-order valence-electron chi connectivity index (χ0n) is 10.3. The van der Waals surface area contributed by atoms with Crippen LogP contribution in [0.5, 0.6) is 0 Å². The van der Waals surface area contributed by atoms with E-state index in [1.807, 2.05) is 0 Å². The van der Waals surface area contributed by atoms with E-state index in [1.165, 1.54) is 0 Å². The van der Waals surface area contributed by atoms with Gasteiger partial charge in [0.2, 0.25) is 17.2 Å². The van der Waals surface area contributed by atoms with Crippen molar-refractivity contribution in [1.82, 2.24) is 24.5 Å². The topological polar surface area (TPSA) is 93.9 Å². The number of sulfone groups is 1. The summed E-state index contributed by atoms with van der Waals surface area (Å²) in [6.07, 6.45) is 4.84. The molecule has 1 saturated heterocycles. The molecule has 106 valence electrons. The average molecular weight is 315 g/mol. The summed E-state index contributed by atoms with van der Waals surface area (Å²) < 4.78 is 24.5. The Bertz CT molecular complexity index is 703. The molecule has 10 heteroatoms. The summed E-state index contributed by atoms with van der Waals surface area (Å²) in [6, 6.07) is 0. The second kappa shape index (κ2) is 4.98. The summed E-state index contributed by atoms with van der Waals surface area (Å²) in [5.41, 5.74) is 0. The molecule has 20 heavy (non-hydrogen) atoms. The first-order valence-corrected chi connectivity index (χ1v) is 8.09. The lowest BCUT2D eigenvalue weighted by Gasteiger charge is -2.26. The van der Waals surface area contributed by atoms with Crippen molar-refractivity contribution in [2.75, 3.05) is 29.5 Å².